The Bertz CT molecular complexity index is 292. The SMILES string of the molecule is N[C@H]1Oc2ccccc2[C@@H](O)S1. The number of aliphatic hydroxyl groups is 1. The minimum Gasteiger partial charge on any atom is -0.466 e. The van der Waals surface area contributed by atoms with Crippen molar-refractivity contribution in [2.45, 2.75) is 11.0 Å². The Morgan fingerprint density at radius 1 is 1.42 bits per heavy atom. The van der Waals surface area contributed by atoms with Gasteiger partial charge < -0.3 is 9.84 Å². The van der Waals surface area contributed by atoms with E-state index in [0.29, 0.717) is 5.75 Å². The number of hydrogen-bond acceptors (Lipinski definition) is 4. The maximum atomic E-state index is 9.53. The normalized spacial score (nSPS) is 27.5. The van der Waals surface area contributed by atoms with Crippen LogP contribution in [0.5, 0.6) is 5.75 Å². The van der Waals surface area contributed by atoms with Crippen LogP contribution in [-0.4, -0.2) is 10.7 Å². The van der Waals surface area contributed by atoms with Crippen molar-refractivity contribution in [1.82, 2.24) is 0 Å². The summed E-state index contributed by atoms with van der Waals surface area (Å²) in [4.78, 5) is 0. The zero-order valence-corrected chi connectivity index (χ0v) is 7.12. The van der Waals surface area contributed by atoms with Crippen molar-refractivity contribution < 1.29 is 9.84 Å². The lowest BCUT2D eigenvalue weighted by molar-refractivity contribution is 0.221. The van der Waals surface area contributed by atoms with Crippen molar-refractivity contribution in [3.8, 4) is 5.75 Å². The number of hydrogen-bond donors (Lipinski definition) is 2. The van der Waals surface area contributed by atoms with Gasteiger partial charge in [-0.15, -0.1) is 0 Å². The minimum absolute atomic E-state index is 0.463. The molecule has 1 aromatic rings. The highest BCUT2D eigenvalue weighted by Crippen LogP contribution is 2.39. The Kier molecular flexibility index (Phi) is 1.96. The molecule has 2 atom stereocenters. The van der Waals surface area contributed by atoms with Gasteiger partial charge in [0.15, 0.2) is 5.56 Å². The van der Waals surface area contributed by atoms with E-state index in [2.05, 4.69) is 0 Å². The minimum atomic E-state index is -0.565. The molecule has 1 aliphatic heterocycles. The molecule has 0 bridgehead atoms. The third kappa shape index (κ3) is 1.29. The van der Waals surface area contributed by atoms with E-state index in [1.54, 1.807) is 6.07 Å². The molecular formula is C8H9NO2S. The molecule has 3 nitrogen and oxygen atoms in total. The van der Waals surface area contributed by atoms with Crippen LogP contribution in [-0.2, 0) is 0 Å². The Morgan fingerprint density at radius 2 is 2.17 bits per heavy atom. The number of rotatable bonds is 0. The first-order valence-electron chi connectivity index (χ1n) is 3.62. The van der Waals surface area contributed by atoms with E-state index in [-0.39, 0.29) is 0 Å². The maximum Gasteiger partial charge on any atom is 0.198 e. The summed E-state index contributed by atoms with van der Waals surface area (Å²) in [5, 5.41) is 9.53. The molecule has 4 heteroatoms. The predicted octanol–water partition coefficient (Wildman–Crippen LogP) is 1.05. The summed E-state index contributed by atoms with van der Waals surface area (Å²) in [5.41, 5.74) is 5.29. The number of nitrogens with two attached hydrogens (primary N) is 1. The first kappa shape index (κ1) is 7.91. The summed E-state index contributed by atoms with van der Waals surface area (Å²) < 4.78 is 5.28. The third-order valence-electron chi connectivity index (χ3n) is 1.69. The molecule has 0 unspecified atom stereocenters. The standard InChI is InChI=1S/C8H9NO2S/c9-8-11-6-4-2-1-3-5(6)7(10)12-8/h1-4,7-8,10H,9H2/t7-,8-/m0/s1. The molecule has 64 valence electrons. The van der Waals surface area contributed by atoms with Gasteiger partial charge in [-0.05, 0) is 6.07 Å². The fraction of sp³-hybridized carbons (Fsp3) is 0.250. The smallest absolute Gasteiger partial charge is 0.198 e. The Hall–Kier alpha value is -0.710. The first-order chi connectivity index (χ1) is 5.77. The molecule has 0 amide bonds. The van der Waals surface area contributed by atoms with Gasteiger partial charge in [-0.2, -0.15) is 0 Å². The van der Waals surface area contributed by atoms with Gasteiger partial charge in [-0.25, -0.2) is 0 Å². The van der Waals surface area contributed by atoms with Crippen LogP contribution in [0.3, 0.4) is 0 Å². The number of para-hydroxylation sites is 1. The number of ether oxygens (including phenoxy) is 1. The van der Waals surface area contributed by atoms with Crippen molar-refractivity contribution in [1.29, 1.82) is 0 Å². The molecule has 1 heterocycles. The van der Waals surface area contributed by atoms with E-state index >= 15 is 0 Å². The highest BCUT2D eigenvalue weighted by Gasteiger charge is 2.23. The molecule has 0 aliphatic carbocycles. The summed E-state index contributed by atoms with van der Waals surface area (Å²) in [6.45, 7) is 0. The molecule has 3 N–H and O–H groups in total. The second-order valence-corrected chi connectivity index (χ2v) is 3.70. The van der Waals surface area contributed by atoms with Crippen LogP contribution in [0.4, 0.5) is 0 Å². The summed E-state index contributed by atoms with van der Waals surface area (Å²) >= 11 is 1.19. The van der Waals surface area contributed by atoms with Crippen LogP contribution in [0, 0.1) is 0 Å². The van der Waals surface area contributed by atoms with Crippen LogP contribution in [0.1, 0.15) is 11.0 Å². The average Bonchev–Trinajstić information content (AvgIpc) is 2.04. The fourth-order valence-electron chi connectivity index (χ4n) is 1.15. The number of thioether (sulfide) groups is 1. The zero-order chi connectivity index (χ0) is 8.55. The molecule has 0 radical (unpaired) electrons. The molecular weight excluding hydrogens is 174 g/mol. The van der Waals surface area contributed by atoms with Crippen LogP contribution >= 0.6 is 11.8 Å². The molecule has 1 aromatic carbocycles. The lowest BCUT2D eigenvalue weighted by Crippen LogP contribution is -2.28. The Balaban J connectivity index is 2.40. The topological polar surface area (TPSA) is 55.5 Å². The largest absolute Gasteiger partial charge is 0.466 e. The summed E-state index contributed by atoms with van der Waals surface area (Å²) in [6.07, 6.45) is 0. The van der Waals surface area contributed by atoms with Gasteiger partial charge in [0.2, 0.25) is 0 Å². The lowest BCUT2D eigenvalue weighted by atomic mass is 10.2. The quantitative estimate of drug-likeness (QED) is 0.631. The van der Waals surface area contributed by atoms with Crippen LogP contribution < -0.4 is 10.5 Å². The molecule has 0 saturated heterocycles. The van der Waals surface area contributed by atoms with Gasteiger partial charge in [-0.3, -0.25) is 5.73 Å². The van der Waals surface area contributed by atoms with Crippen LogP contribution in [0.15, 0.2) is 24.3 Å². The highest BCUT2D eigenvalue weighted by molar-refractivity contribution is 7.99. The van der Waals surface area contributed by atoms with E-state index in [0.717, 1.165) is 5.56 Å². The van der Waals surface area contributed by atoms with Gasteiger partial charge in [0.05, 0.1) is 0 Å². The predicted molar refractivity (Wildman–Crippen MR) is 47.6 cm³/mol. The second-order valence-electron chi connectivity index (χ2n) is 2.51. The average molecular weight is 183 g/mol. The van der Waals surface area contributed by atoms with Crippen LogP contribution in [0.25, 0.3) is 0 Å². The number of aliphatic hydroxyl groups excluding tert-OH is 1. The van der Waals surface area contributed by atoms with Crippen LogP contribution in [0.2, 0.25) is 0 Å². The molecule has 0 fully saturated rings. The van der Waals surface area contributed by atoms with Crippen molar-refractivity contribution in [2.24, 2.45) is 5.73 Å². The summed E-state index contributed by atoms with van der Waals surface area (Å²) in [7, 11) is 0. The van der Waals surface area contributed by atoms with Crippen molar-refractivity contribution in [2.75, 3.05) is 0 Å². The summed E-state index contributed by atoms with van der Waals surface area (Å²) in [6, 6.07) is 7.36. The molecule has 1 aliphatic rings. The van der Waals surface area contributed by atoms with Gasteiger partial charge in [0.25, 0.3) is 0 Å². The third-order valence-corrected chi connectivity index (χ3v) is 2.57. The second kappa shape index (κ2) is 2.97. The Morgan fingerprint density at radius 3 is 3.00 bits per heavy atom. The molecule has 12 heavy (non-hydrogen) atoms. The molecule has 0 aromatic heterocycles. The highest BCUT2D eigenvalue weighted by atomic mass is 32.2. The monoisotopic (exact) mass is 183 g/mol. The van der Waals surface area contributed by atoms with Gasteiger partial charge in [-0.1, -0.05) is 30.0 Å². The van der Waals surface area contributed by atoms with E-state index in [1.807, 2.05) is 18.2 Å². The molecule has 2 rings (SSSR count). The maximum absolute atomic E-state index is 9.53. The van der Waals surface area contributed by atoms with E-state index in [1.165, 1.54) is 11.8 Å². The zero-order valence-electron chi connectivity index (χ0n) is 6.31. The lowest BCUT2D eigenvalue weighted by Gasteiger charge is -2.25. The number of fused-ring (bicyclic) bond motifs is 1. The molecule has 0 saturated carbocycles. The molecule has 0 spiro atoms. The van der Waals surface area contributed by atoms with Gasteiger partial charge >= 0.3 is 0 Å². The van der Waals surface area contributed by atoms with Crippen molar-refractivity contribution in [3.63, 3.8) is 0 Å². The number of benzene rings is 1. The van der Waals surface area contributed by atoms with Crippen molar-refractivity contribution in [3.05, 3.63) is 29.8 Å². The van der Waals surface area contributed by atoms with Crippen molar-refractivity contribution >= 4 is 11.8 Å². The summed E-state index contributed by atoms with van der Waals surface area (Å²) in [5.74, 6) is 0.677. The van der Waals surface area contributed by atoms with Gasteiger partial charge in [0, 0.05) is 5.56 Å². The van der Waals surface area contributed by atoms with E-state index < -0.39 is 11.0 Å². The van der Waals surface area contributed by atoms with E-state index in [9.17, 15) is 5.11 Å². The van der Waals surface area contributed by atoms with Gasteiger partial charge in [0.1, 0.15) is 11.2 Å². The van der Waals surface area contributed by atoms with E-state index in [4.69, 9.17) is 10.5 Å². The first-order valence-corrected chi connectivity index (χ1v) is 4.56. The Labute approximate surface area is 74.5 Å². The fourth-order valence-corrected chi connectivity index (χ4v) is 1.90.